The molecule has 0 fully saturated rings. The van der Waals surface area contributed by atoms with Gasteiger partial charge in [-0.3, -0.25) is 0 Å². The molecule has 0 spiro atoms. The molecule has 0 rings (SSSR count). The lowest BCUT2D eigenvalue weighted by Crippen LogP contribution is -2.26. The van der Waals surface area contributed by atoms with Gasteiger partial charge in [-0.2, -0.15) is 0 Å². The van der Waals surface area contributed by atoms with Crippen molar-refractivity contribution in [3.8, 4) is 0 Å². The molecule has 0 aromatic rings. The summed E-state index contributed by atoms with van der Waals surface area (Å²) < 4.78 is 0. The summed E-state index contributed by atoms with van der Waals surface area (Å²) in [6.45, 7) is 10.6. The summed E-state index contributed by atoms with van der Waals surface area (Å²) in [5.74, 6) is 0. The van der Waals surface area contributed by atoms with Crippen LogP contribution in [0.4, 0.5) is 0 Å². The Labute approximate surface area is 103 Å². The topological polar surface area (TPSA) is 12.0 Å². The van der Waals surface area contributed by atoms with E-state index in [1.807, 2.05) is 0 Å². The van der Waals surface area contributed by atoms with Crippen LogP contribution in [0, 0.1) is 13.5 Å². The van der Waals surface area contributed by atoms with Gasteiger partial charge >= 0.3 is 0 Å². The average Bonchev–Trinajstić information content (AvgIpc) is 2.29. The van der Waals surface area contributed by atoms with Crippen molar-refractivity contribution in [2.75, 3.05) is 0 Å². The zero-order chi connectivity index (χ0) is 12.1. The summed E-state index contributed by atoms with van der Waals surface area (Å²) in [4.78, 5) is 0. The van der Waals surface area contributed by atoms with Crippen LogP contribution in [-0.4, -0.2) is 6.04 Å². The first-order valence-corrected chi connectivity index (χ1v) is 7.22. The number of hydrogen-bond donors (Lipinski definition) is 1. The third-order valence-corrected chi connectivity index (χ3v) is 3.01. The van der Waals surface area contributed by atoms with Gasteiger partial charge in [0.15, 0.2) is 0 Å². The smallest absolute Gasteiger partial charge is 0.0223 e. The lowest BCUT2D eigenvalue weighted by atomic mass is 10.0. The van der Waals surface area contributed by atoms with Gasteiger partial charge in [0.25, 0.3) is 0 Å². The van der Waals surface area contributed by atoms with Crippen LogP contribution in [0.15, 0.2) is 0 Å². The molecule has 1 N–H and O–H groups in total. The van der Waals surface area contributed by atoms with E-state index < -0.39 is 0 Å². The lowest BCUT2D eigenvalue weighted by molar-refractivity contribution is 0.440. The first-order chi connectivity index (χ1) is 7.85. The quantitative estimate of drug-likeness (QED) is 0.467. The molecule has 96 valence electrons. The molecule has 1 heteroatoms. The minimum absolute atomic E-state index is 0.713. The van der Waals surface area contributed by atoms with E-state index >= 15 is 0 Å². The monoisotopic (exact) mass is 225 g/mol. The van der Waals surface area contributed by atoms with Gasteiger partial charge in [0.05, 0.1) is 0 Å². The highest BCUT2D eigenvalue weighted by Crippen LogP contribution is 2.11. The maximum Gasteiger partial charge on any atom is 0.0223 e. The van der Waals surface area contributed by atoms with E-state index in [0.29, 0.717) is 6.04 Å². The Kier molecular flexibility index (Phi) is 13.0. The first kappa shape index (κ1) is 16.0. The maximum atomic E-state index is 3.86. The molecule has 0 aliphatic rings. The van der Waals surface area contributed by atoms with Crippen molar-refractivity contribution in [3.05, 3.63) is 13.5 Å². The Morgan fingerprint density at radius 3 is 2.00 bits per heavy atom. The summed E-state index contributed by atoms with van der Waals surface area (Å²) in [6, 6.07) is 0.713. The molecule has 0 bridgehead atoms. The van der Waals surface area contributed by atoms with E-state index in [2.05, 4.69) is 32.6 Å². The van der Waals surface area contributed by atoms with Crippen molar-refractivity contribution in [2.45, 2.75) is 84.1 Å². The second kappa shape index (κ2) is 13.0. The van der Waals surface area contributed by atoms with Gasteiger partial charge in [0.1, 0.15) is 0 Å². The normalized spacial score (nSPS) is 11.2. The second-order valence-electron chi connectivity index (χ2n) is 4.70. The predicted octanol–water partition coefficient (Wildman–Crippen LogP) is 4.88. The maximum absolute atomic E-state index is 3.86. The van der Waals surface area contributed by atoms with E-state index in [4.69, 9.17) is 0 Å². The molecule has 16 heavy (non-hydrogen) atoms. The molecule has 1 nitrogen and oxygen atoms in total. The van der Waals surface area contributed by atoms with Gasteiger partial charge in [-0.05, 0) is 19.3 Å². The fourth-order valence-electron chi connectivity index (χ4n) is 1.94. The Morgan fingerprint density at radius 1 is 1.00 bits per heavy atom. The minimum atomic E-state index is 0.713. The summed E-state index contributed by atoms with van der Waals surface area (Å²) >= 11 is 0. The fourth-order valence-corrected chi connectivity index (χ4v) is 1.94. The Morgan fingerprint density at radius 2 is 1.56 bits per heavy atom. The van der Waals surface area contributed by atoms with Crippen LogP contribution in [-0.2, 0) is 0 Å². The van der Waals surface area contributed by atoms with Gasteiger partial charge in [0, 0.05) is 12.6 Å². The lowest BCUT2D eigenvalue weighted by Gasteiger charge is -2.18. The van der Waals surface area contributed by atoms with Crippen molar-refractivity contribution in [1.29, 1.82) is 0 Å². The van der Waals surface area contributed by atoms with Gasteiger partial charge in [-0.25, -0.2) is 0 Å². The standard InChI is InChI=1S/C15H31N/c1-4-7-10-12-15(13-11-8-5-2)16-14-9-6-3/h14-16H,3-13H2,1-2H3. The third-order valence-electron chi connectivity index (χ3n) is 3.01. The third kappa shape index (κ3) is 10.5. The van der Waals surface area contributed by atoms with Crippen LogP contribution in [0.1, 0.15) is 78.1 Å². The summed E-state index contributed by atoms with van der Waals surface area (Å²) in [5.41, 5.74) is 0. The van der Waals surface area contributed by atoms with Crippen LogP contribution < -0.4 is 5.32 Å². The largest absolute Gasteiger partial charge is 0.310 e. The van der Waals surface area contributed by atoms with Crippen LogP contribution >= 0.6 is 0 Å². The highest BCUT2D eigenvalue weighted by atomic mass is 14.9. The summed E-state index contributed by atoms with van der Waals surface area (Å²) in [7, 11) is 0. The van der Waals surface area contributed by atoms with Crippen LogP contribution in [0.2, 0.25) is 0 Å². The van der Waals surface area contributed by atoms with Crippen LogP contribution in [0.3, 0.4) is 0 Å². The van der Waals surface area contributed by atoms with Crippen molar-refractivity contribution < 1.29 is 0 Å². The van der Waals surface area contributed by atoms with E-state index in [-0.39, 0.29) is 0 Å². The second-order valence-corrected chi connectivity index (χ2v) is 4.70. The molecule has 0 amide bonds. The predicted molar refractivity (Wildman–Crippen MR) is 74.1 cm³/mol. The molecule has 0 atom stereocenters. The highest BCUT2D eigenvalue weighted by Gasteiger charge is 2.06. The van der Waals surface area contributed by atoms with Crippen molar-refractivity contribution >= 4 is 0 Å². The zero-order valence-electron chi connectivity index (χ0n) is 11.4. The van der Waals surface area contributed by atoms with Crippen LogP contribution in [0.25, 0.3) is 0 Å². The summed E-state index contributed by atoms with van der Waals surface area (Å²) in [6.07, 6.45) is 12.9. The molecule has 0 aliphatic heterocycles. The molecule has 0 aromatic carbocycles. The number of rotatable bonds is 12. The molecule has 0 saturated carbocycles. The van der Waals surface area contributed by atoms with Gasteiger partial charge < -0.3 is 5.32 Å². The van der Waals surface area contributed by atoms with E-state index in [1.54, 1.807) is 0 Å². The Balaban J connectivity index is 3.58. The molecular weight excluding hydrogens is 194 g/mol. The van der Waals surface area contributed by atoms with Crippen molar-refractivity contribution in [1.82, 2.24) is 5.32 Å². The van der Waals surface area contributed by atoms with Crippen molar-refractivity contribution in [3.63, 3.8) is 0 Å². The number of nitrogens with one attached hydrogen (secondary N) is 1. The number of hydrogen-bond acceptors (Lipinski definition) is 1. The molecule has 0 saturated heterocycles. The van der Waals surface area contributed by atoms with Gasteiger partial charge in [-0.15, -0.1) is 0 Å². The van der Waals surface area contributed by atoms with E-state index in [1.165, 1.54) is 51.4 Å². The Bertz CT molecular complexity index is 98.8. The minimum Gasteiger partial charge on any atom is -0.310 e. The van der Waals surface area contributed by atoms with Crippen molar-refractivity contribution in [2.24, 2.45) is 0 Å². The van der Waals surface area contributed by atoms with Gasteiger partial charge in [-0.1, -0.05) is 65.7 Å². The molecule has 2 radical (unpaired) electrons. The SMILES string of the molecule is [CH2]CC[CH]NC(CCCCC)CCCCC. The fraction of sp³-hybridized carbons (Fsp3) is 0.867. The Hall–Kier alpha value is -0.0400. The number of unbranched alkanes of at least 4 members (excludes halogenated alkanes) is 5. The molecular formula is C15H31N. The van der Waals surface area contributed by atoms with Crippen LogP contribution in [0.5, 0.6) is 0 Å². The van der Waals surface area contributed by atoms with E-state index in [9.17, 15) is 0 Å². The van der Waals surface area contributed by atoms with Gasteiger partial charge in [0.2, 0.25) is 0 Å². The summed E-state index contributed by atoms with van der Waals surface area (Å²) in [5, 5.41) is 3.57. The molecule has 0 aromatic heterocycles. The molecule has 0 heterocycles. The molecule has 0 unspecified atom stereocenters. The first-order valence-electron chi connectivity index (χ1n) is 7.22. The zero-order valence-corrected chi connectivity index (χ0v) is 11.4. The van der Waals surface area contributed by atoms with E-state index in [0.717, 1.165) is 12.8 Å². The highest BCUT2D eigenvalue weighted by molar-refractivity contribution is 4.73. The average molecular weight is 225 g/mol. The molecule has 0 aliphatic carbocycles.